The number of hydrogen-bond donors (Lipinski definition) is 2. The van der Waals surface area contributed by atoms with Crippen LogP contribution in [0.2, 0.25) is 0 Å². The zero-order valence-corrected chi connectivity index (χ0v) is 6.82. The summed E-state index contributed by atoms with van der Waals surface area (Å²) in [6.07, 6.45) is 1.63. The molecule has 4 heteroatoms. The third-order valence-electron chi connectivity index (χ3n) is 1.96. The Balaban J connectivity index is 2.48. The van der Waals surface area contributed by atoms with E-state index in [1.54, 1.807) is 24.4 Å². The molecular formula is C9H8N2O2. The predicted octanol–water partition coefficient (Wildman–Crippen LogP) is 0.822. The minimum absolute atomic E-state index is 0.298. The molecule has 1 aliphatic heterocycles. The third kappa shape index (κ3) is 1.38. The zero-order chi connectivity index (χ0) is 9.26. The van der Waals surface area contributed by atoms with Crippen LogP contribution < -0.4 is 5.43 Å². The van der Waals surface area contributed by atoms with Gasteiger partial charge in [0, 0.05) is 5.56 Å². The molecule has 2 N–H and O–H groups in total. The Hall–Kier alpha value is -1.84. The van der Waals surface area contributed by atoms with E-state index in [-0.39, 0.29) is 0 Å². The molecule has 0 aliphatic carbocycles. The van der Waals surface area contributed by atoms with Crippen molar-refractivity contribution in [1.29, 1.82) is 0 Å². The first-order chi connectivity index (χ1) is 6.27. The van der Waals surface area contributed by atoms with Crippen molar-refractivity contribution in [3.8, 4) is 0 Å². The molecule has 0 atom stereocenters. The number of nitrogens with zero attached hydrogens (tertiary/aromatic N) is 1. The highest BCUT2D eigenvalue weighted by Gasteiger charge is 2.08. The van der Waals surface area contributed by atoms with Crippen molar-refractivity contribution in [2.75, 3.05) is 0 Å². The fraction of sp³-hybridized carbons (Fsp3) is 0.111. The number of benzene rings is 1. The number of nitrogens with one attached hydrogen (secondary N) is 1. The van der Waals surface area contributed by atoms with E-state index in [1.807, 2.05) is 0 Å². The largest absolute Gasteiger partial charge is 0.478 e. The number of hydrogen-bond acceptors (Lipinski definition) is 3. The Morgan fingerprint density at radius 3 is 3.15 bits per heavy atom. The number of carbonyl (C=O) groups is 1. The van der Waals surface area contributed by atoms with Gasteiger partial charge in [-0.25, -0.2) is 4.79 Å². The van der Waals surface area contributed by atoms with Crippen LogP contribution in [0.3, 0.4) is 0 Å². The van der Waals surface area contributed by atoms with Crippen molar-refractivity contribution in [2.24, 2.45) is 5.10 Å². The summed E-state index contributed by atoms with van der Waals surface area (Å²) in [5.74, 6) is -0.908. The van der Waals surface area contributed by atoms with Crippen LogP contribution in [0.25, 0.3) is 0 Å². The summed E-state index contributed by atoms with van der Waals surface area (Å²) >= 11 is 0. The molecular weight excluding hydrogens is 168 g/mol. The number of carboxylic acids is 1. The molecule has 1 aromatic carbocycles. The summed E-state index contributed by atoms with van der Waals surface area (Å²) in [5.41, 5.74) is 5.05. The molecule has 0 saturated carbocycles. The number of aromatic carboxylic acids is 1. The minimum Gasteiger partial charge on any atom is -0.478 e. The maximum absolute atomic E-state index is 10.6. The maximum Gasteiger partial charge on any atom is 0.335 e. The summed E-state index contributed by atoms with van der Waals surface area (Å²) < 4.78 is 0. The van der Waals surface area contributed by atoms with Crippen LogP contribution in [0.4, 0.5) is 0 Å². The molecule has 0 bridgehead atoms. The van der Waals surface area contributed by atoms with Gasteiger partial charge in [-0.05, 0) is 17.7 Å². The van der Waals surface area contributed by atoms with Gasteiger partial charge < -0.3 is 10.5 Å². The lowest BCUT2D eigenvalue weighted by atomic mass is 10.0. The van der Waals surface area contributed by atoms with Gasteiger partial charge in [0.15, 0.2) is 0 Å². The lowest BCUT2D eigenvalue weighted by Gasteiger charge is -2.10. The molecule has 1 aromatic rings. The molecule has 66 valence electrons. The van der Waals surface area contributed by atoms with Gasteiger partial charge in [0.25, 0.3) is 0 Å². The number of carboxylic acid groups (broad SMARTS) is 1. The van der Waals surface area contributed by atoms with Gasteiger partial charge >= 0.3 is 5.97 Å². The van der Waals surface area contributed by atoms with Gasteiger partial charge in [-0.3, -0.25) is 0 Å². The average Bonchev–Trinajstić information content (AvgIpc) is 2.17. The number of rotatable bonds is 1. The molecule has 4 nitrogen and oxygen atoms in total. The van der Waals surface area contributed by atoms with Gasteiger partial charge in [0.1, 0.15) is 0 Å². The Morgan fingerprint density at radius 1 is 1.54 bits per heavy atom. The van der Waals surface area contributed by atoms with Crippen molar-refractivity contribution in [3.63, 3.8) is 0 Å². The summed E-state index contributed by atoms with van der Waals surface area (Å²) in [6, 6.07) is 5.03. The van der Waals surface area contributed by atoms with Gasteiger partial charge in [-0.15, -0.1) is 0 Å². The second kappa shape index (κ2) is 2.90. The normalized spacial score (nSPS) is 13.2. The van der Waals surface area contributed by atoms with E-state index in [9.17, 15) is 4.79 Å². The van der Waals surface area contributed by atoms with E-state index in [0.29, 0.717) is 12.1 Å². The minimum atomic E-state index is -0.908. The van der Waals surface area contributed by atoms with E-state index < -0.39 is 5.97 Å². The van der Waals surface area contributed by atoms with E-state index in [4.69, 9.17) is 5.11 Å². The van der Waals surface area contributed by atoms with Crippen LogP contribution in [-0.4, -0.2) is 17.3 Å². The molecule has 0 unspecified atom stereocenters. The zero-order valence-electron chi connectivity index (χ0n) is 6.82. The molecule has 0 amide bonds. The Morgan fingerprint density at radius 2 is 2.38 bits per heavy atom. The van der Waals surface area contributed by atoms with Crippen molar-refractivity contribution >= 4 is 12.2 Å². The van der Waals surface area contributed by atoms with E-state index in [0.717, 1.165) is 11.1 Å². The Labute approximate surface area is 74.9 Å². The number of hydrazone groups is 1. The fourth-order valence-electron chi connectivity index (χ4n) is 1.26. The fourth-order valence-corrected chi connectivity index (χ4v) is 1.26. The standard InChI is InChI=1S/C9H8N2O2/c12-9(13)6-1-2-7-4-10-11-5-8(7)3-6/h1-3,5,10H,4H2,(H,12,13). The molecule has 0 aromatic heterocycles. The molecule has 0 spiro atoms. The Kier molecular flexibility index (Phi) is 1.73. The van der Waals surface area contributed by atoms with Crippen LogP contribution in [0, 0.1) is 0 Å². The van der Waals surface area contributed by atoms with E-state index in [2.05, 4.69) is 10.5 Å². The van der Waals surface area contributed by atoms with Gasteiger partial charge in [-0.2, -0.15) is 5.10 Å². The molecule has 2 rings (SSSR count). The summed E-state index contributed by atoms with van der Waals surface area (Å²) in [6.45, 7) is 0.658. The summed E-state index contributed by atoms with van der Waals surface area (Å²) in [5, 5.41) is 12.6. The van der Waals surface area contributed by atoms with Crippen LogP contribution in [0.5, 0.6) is 0 Å². The molecule has 0 fully saturated rings. The van der Waals surface area contributed by atoms with Crippen molar-refractivity contribution in [3.05, 3.63) is 34.9 Å². The van der Waals surface area contributed by atoms with Crippen molar-refractivity contribution in [1.82, 2.24) is 5.43 Å². The van der Waals surface area contributed by atoms with E-state index >= 15 is 0 Å². The highest BCUT2D eigenvalue weighted by molar-refractivity contribution is 5.92. The monoisotopic (exact) mass is 176 g/mol. The lowest BCUT2D eigenvalue weighted by Crippen LogP contribution is -2.14. The first-order valence-electron chi connectivity index (χ1n) is 3.89. The average molecular weight is 176 g/mol. The molecule has 1 aliphatic rings. The quantitative estimate of drug-likeness (QED) is 0.666. The van der Waals surface area contributed by atoms with Crippen LogP contribution in [0.15, 0.2) is 23.3 Å². The number of fused-ring (bicyclic) bond motifs is 1. The third-order valence-corrected chi connectivity index (χ3v) is 1.96. The van der Waals surface area contributed by atoms with Crippen LogP contribution in [0.1, 0.15) is 21.5 Å². The molecule has 0 radical (unpaired) electrons. The summed E-state index contributed by atoms with van der Waals surface area (Å²) in [4.78, 5) is 10.6. The highest BCUT2D eigenvalue weighted by Crippen LogP contribution is 2.12. The first-order valence-corrected chi connectivity index (χ1v) is 3.89. The SMILES string of the molecule is O=C(O)c1ccc2c(c1)C=NNC2. The first kappa shape index (κ1) is 7.79. The molecule has 1 heterocycles. The summed E-state index contributed by atoms with van der Waals surface area (Å²) in [7, 11) is 0. The molecule has 13 heavy (non-hydrogen) atoms. The lowest BCUT2D eigenvalue weighted by molar-refractivity contribution is 0.0697. The Bertz CT molecular complexity index is 385. The highest BCUT2D eigenvalue weighted by atomic mass is 16.4. The smallest absolute Gasteiger partial charge is 0.335 e. The van der Waals surface area contributed by atoms with Crippen molar-refractivity contribution in [2.45, 2.75) is 6.54 Å². The van der Waals surface area contributed by atoms with Gasteiger partial charge in [-0.1, -0.05) is 6.07 Å². The van der Waals surface area contributed by atoms with Gasteiger partial charge in [0.05, 0.1) is 18.3 Å². The second-order valence-corrected chi connectivity index (χ2v) is 2.81. The predicted molar refractivity (Wildman–Crippen MR) is 47.8 cm³/mol. The van der Waals surface area contributed by atoms with Gasteiger partial charge in [0.2, 0.25) is 0 Å². The topological polar surface area (TPSA) is 61.7 Å². The van der Waals surface area contributed by atoms with Crippen LogP contribution >= 0.6 is 0 Å². The van der Waals surface area contributed by atoms with Crippen LogP contribution in [-0.2, 0) is 6.54 Å². The maximum atomic E-state index is 10.6. The van der Waals surface area contributed by atoms with E-state index in [1.165, 1.54) is 0 Å². The second-order valence-electron chi connectivity index (χ2n) is 2.81. The van der Waals surface area contributed by atoms with Crippen molar-refractivity contribution < 1.29 is 9.90 Å². The molecule has 0 saturated heterocycles.